The van der Waals surface area contributed by atoms with Crippen molar-refractivity contribution >= 4 is 11.6 Å². The summed E-state index contributed by atoms with van der Waals surface area (Å²) in [5.41, 5.74) is 11.3. The second-order valence-corrected chi connectivity index (χ2v) is 3.36. The predicted molar refractivity (Wildman–Crippen MR) is 64.4 cm³/mol. The number of H-pyrrole nitrogens is 1. The monoisotopic (exact) mass is 242 g/mol. The molecule has 0 aliphatic carbocycles. The van der Waals surface area contributed by atoms with Crippen LogP contribution in [-0.2, 0) is 15.9 Å². The molecule has 1 heterocycles. The van der Waals surface area contributed by atoms with Gasteiger partial charge in [0.1, 0.15) is 11.6 Å². The van der Waals surface area contributed by atoms with Crippen molar-refractivity contribution in [2.24, 2.45) is 0 Å². The van der Waals surface area contributed by atoms with E-state index in [1.165, 1.54) is 0 Å². The summed E-state index contributed by atoms with van der Waals surface area (Å²) in [7, 11) is 0. The molecule has 0 aliphatic rings. The van der Waals surface area contributed by atoms with Gasteiger partial charge in [-0.2, -0.15) is 4.98 Å². The molecule has 17 heavy (non-hydrogen) atoms. The van der Waals surface area contributed by atoms with Gasteiger partial charge in [-0.3, -0.25) is 4.98 Å². The summed E-state index contributed by atoms with van der Waals surface area (Å²) in [5, 5.41) is 0. The molecule has 1 aromatic heterocycles. The van der Waals surface area contributed by atoms with Gasteiger partial charge in [-0.25, -0.2) is 4.79 Å². The van der Waals surface area contributed by atoms with Crippen molar-refractivity contribution in [1.82, 2.24) is 9.97 Å². The van der Waals surface area contributed by atoms with Gasteiger partial charge in [-0.05, 0) is 13.8 Å². The Bertz CT molecular complexity index is 386. The van der Waals surface area contributed by atoms with Gasteiger partial charge >= 0.3 is 5.69 Å². The van der Waals surface area contributed by atoms with Crippen LogP contribution in [0.3, 0.4) is 0 Å². The van der Waals surface area contributed by atoms with Gasteiger partial charge in [0.25, 0.3) is 0 Å². The fourth-order valence-electron chi connectivity index (χ4n) is 1.45. The molecule has 7 nitrogen and oxygen atoms in total. The van der Waals surface area contributed by atoms with E-state index in [2.05, 4.69) is 9.97 Å². The fraction of sp³-hybridized carbons (Fsp3) is 0.600. The van der Waals surface area contributed by atoms with E-state index >= 15 is 0 Å². The van der Waals surface area contributed by atoms with Gasteiger partial charge < -0.3 is 20.9 Å². The Labute approximate surface area is 99.1 Å². The molecule has 0 radical (unpaired) electrons. The number of aromatic nitrogens is 2. The topological polar surface area (TPSA) is 116 Å². The van der Waals surface area contributed by atoms with Crippen LogP contribution in [0.2, 0.25) is 0 Å². The number of nitrogens with one attached hydrogen (secondary N) is 1. The van der Waals surface area contributed by atoms with Gasteiger partial charge in [0, 0.05) is 25.2 Å². The maximum absolute atomic E-state index is 11.0. The van der Waals surface area contributed by atoms with Crippen molar-refractivity contribution in [1.29, 1.82) is 0 Å². The van der Waals surface area contributed by atoms with E-state index in [-0.39, 0.29) is 11.6 Å². The summed E-state index contributed by atoms with van der Waals surface area (Å²) in [6, 6.07) is 0. The van der Waals surface area contributed by atoms with E-state index in [0.717, 1.165) is 0 Å². The predicted octanol–water partition coefficient (Wildman–Crippen LogP) is -0.124. The van der Waals surface area contributed by atoms with E-state index in [1.54, 1.807) is 0 Å². The minimum absolute atomic E-state index is 0.107. The molecule has 0 aromatic carbocycles. The number of nitrogens with two attached hydrogens (primary N) is 2. The molecule has 0 fully saturated rings. The minimum atomic E-state index is -0.562. The molecule has 96 valence electrons. The zero-order valence-electron chi connectivity index (χ0n) is 10.0. The summed E-state index contributed by atoms with van der Waals surface area (Å²) in [6.45, 7) is 4.76. The van der Waals surface area contributed by atoms with E-state index in [0.29, 0.717) is 25.2 Å². The minimum Gasteiger partial charge on any atom is -0.385 e. The number of hydrogen-bond acceptors (Lipinski definition) is 6. The Balaban J connectivity index is 2.88. The summed E-state index contributed by atoms with van der Waals surface area (Å²) in [5.74, 6) is 0.308. The van der Waals surface area contributed by atoms with E-state index in [1.807, 2.05) is 13.8 Å². The maximum atomic E-state index is 11.0. The maximum Gasteiger partial charge on any atom is 0.348 e. The Morgan fingerprint density at radius 3 is 2.35 bits per heavy atom. The first kappa shape index (κ1) is 13.5. The quantitative estimate of drug-likeness (QED) is 0.598. The largest absolute Gasteiger partial charge is 0.385 e. The molecule has 5 N–H and O–H groups in total. The molecule has 0 unspecified atom stereocenters. The average molecular weight is 242 g/mol. The lowest BCUT2D eigenvalue weighted by atomic mass is 10.2. The van der Waals surface area contributed by atoms with E-state index < -0.39 is 12.0 Å². The second kappa shape index (κ2) is 6.21. The average Bonchev–Trinajstić information content (AvgIpc) is 2.23. The van der Waals surface area contributed by atoms with Gasteiger partial charge in [-0.15, -0.1) is 0 Å². The van der Waals surface area contributed by atoms with Gasteiger partial charge in [-0.1, -0.05) is 0 Å². The van der Waals surface area contributed by atoms with E-state index in [9.17, 15) is 4.79 Å². The van der Waals surface area contributed by atoms with Crippen molar-refractivity contribution in [2.75, 3.05) is 24.7 Å². The first-order valence-corrected chi connectivity index (χ1v) is 5.45. The third-order valence-corrected chi connectivity index (χ3v) is 2.17. The molecule has 0 amide bonds. The molecule has 0 saturated carbocycles. The SMILES string of the molecule is CCOC(Cc1c(N)nc(=O)[nH]c1N)OCC. The summed E-state index contributed by atoms with van der Waals surface area (Å²) in [6.07, 6.45) is -0.0920. The number of nitrogens with zero attached hydrogens (tertiary/aromatic N) is 1. The van der Waals surface area contributed by atoms with Crippen molar-refractivity contribution in [2.45, 2.75) is 26.6 Å². The fourth-order valence-corrected chi connectivity index (χ4v) is 1.45. The Morgan fingerprint density at radius 2 is 1.88 bits per heavy atom. The molecule has 1 rings (SSSR count). The van der Waals surface area contributed by atoms with Crippen molar-refractivity contribution in [3.63, 3.8) is 0 Å². The zero-order chi connectivity index (χ0) is 12.8. The Kier molecular flexibility index (Phi) is 4.92. The molecule has 0 bridgehead atoms. The molecule has 0 saturated heterocycles. The summed E-state index contributed by atoms with van der Waals surface area (Å²) in [4.78, 5) is 17.0. The van der Waals surface area contributed by atoms with Crippen LogP contribution in [0.15, 0.2) is 4.79 Å². The lowest BCUT2D eigenvalue weighted by Crippen LogP contribution is -2.24. The van der Waals surface area contributed by atoms with Crippen LogP contribution < -0.4 is 17.2 Å². The highest BCUT2D eigenvalue weighted by Crippen LogP contribution is 2.16. The molecular weight excluding hydrogens is 224 g/mol. The molecular formula is C10H18N4O3. The lowest BCUT2D eigenvalue weighted by molar-refractivity contribution is -0.134. The normalized spacial score (nSPS) is 11.0. The van der Waals surface area contributed by atoms with Gasteiger partial charge in [0.2, 0.25) is 0 Å². The first-order valence-electron chi connectivity index (χ1n) is 5.45. The third kappa shape index (κ3) is 3.72. The Morgan fingerprint density at radius 1 is 1.29 bits per heavy atom. The molecule has 1 aromatic rings. The van der Waals surface area contributed by atoms with Crippen LogP contribution in [0.25, 0.3) is 0 Å². The number of anilines is 2. The van der Waals surface area contributed by atoms with Gasteiger partial charge in [0.15, 0.2) is 6.29 Å². The molecule has 0 spiro atoms. The van der Waals surface area contributed by atoms with Crippen LogP contribution >= 0.6 is 0 Å². The second-order valence-electron chi connectivity index (χ2n) is 3.36. The lowest BCUT2D eigenvalue weighted by Gasteiger charge is -2.18. The highest BCUT2D eigenvalue weighted by Gasteiger charge is 2.15. The van der Waals surface area contributed by atoms with Crippen LogP contribution in [-0.4, -0.2) is 29.5 Å². The van der Waals surface area contributed by atoms with Crippen LogP contribution in [0.5, 0.6) is 0 Å². The number of ether oxygens (including phenoxy) is 2. The number of aromatic amines is 1. The van der Waals surface area contributed by atoms with Crippen LogP contribution in [0.1, 0.15) is 19.4 Å². The van der Waals surface area contributed by atoms with Crippen molar-refractivity contribution in [3.8, 4) is 0 Å². The smallest absolute Gasteiger partial charge is 0.348 e. The van der Waals surface area contributed by atoms with Crippen LogP contribution in [0, 0.1) is 0 Å². The highest BCUT2D eigenvalue weighted by molar-refractivity contribution is 5.52. The van der Waals surface area contributed by atoms with Gasteiger partial charge in [0.05, 0.1) is 0 Å². The standard InChI is InChI=1S/C10H18N4O3/c1-3-16-7(17-4-2)5-6-8(11)13-10(15)14-9(6)12/h7H,3-5H2,1-2H3,(H5,11,12,13,14,15). The number of rotatable bonds is 6. The molecule has 7 heteroatoms. The van der Waals surface area contributed by atoms with Crippen LogP contribution in [0.4, 0.5) is 11.6 Å². The first-order chi connectivity index (χ1) is 8.08. The number of nitrogen functional groups attached to an aromatic ring is 2. The van der Waals surface area contributed by atoms with Crippen molar-refractivity contribution < 1.29 is 9.47 Å². The summed E-state index contributed by atoms with van der Waals surface area (Å²) >= 11 is 0. The summed E-state index contributed by atoms with van der Waals surface area (Å²) < 4.78 is 10.7. The number of hydrogen-bond donors (Lipinski definition) is 3. The molecule has 0 atom stereocenters. The Hall–Kier alpha value is -1.60. The molecule has 0 aliphatic heterocycles. The van der Waals surface area contributed by atoms with E-state index in [4.69, 9.17) is 20.9 Å². The third-order valence-electron chi connectivity index (χ3n) is 2.17. The van der Waals surface area contributed by atoms with Crippen molar-refractivity contribution in [3.05, 3.63) is 16.0 Å². The highest BCUT2D eigenvalue weighted by atomic mass is 16.7. The zero-order valence-corrected chi connectivity index (χ0v) is 10.0.